The molecule has 2 rings (SSSR count). The number of aryl methyl sites for hydroxylation is 1. The van der Waals surface area contributed by atoms with E-state index in [2.05, 4.69) is 4.98 Å². The van der Waals surface area contributed by atoms with Gasteiger partial charge in [-0.25, -0.2) is 13.4 Å². The third-order valence-corrected chi connectivity index (χ3v) is 5.35. The van der Waals surface area contributed by atoms with Crippen molar-refractivity contribution in [3.05, 3.63) is 12.5 Å². The zero-order chi connectivity index (χ0) is 13.3. The fourth-order valence-electron chi connectivity index (χ4n) is 2.38. The van der Waals surface area contributed by atoms with Crippen LogP contribution in [-0.2, 0) is 16.6 Å². The molecule has 19 heavy (non-hydrogen) atoms. The van der Waals surface area contributed by atoms with E-state index in [0.717, 1.165) is 6.42 Å². The summed E-state index contributed by atoms with van der Waals surface area (Å²) in [6.45, 7) is 5.60. The lowest BCUT2D eigenvalue weighted by molar-refractivity contribution is 0.403. The van der Waals surface area contributed by atoms with Crippen LogP contribution in [0.5, 0.6) is 0 Å². The molecule has 2 N–H and O–H groups in total. The van der Waals surface area contributed by atoms with Crippen LogP contribution in [0.4, 0.5) is 0 Å². The molecule has 8 heteroatoms. The number of rotatable bonds is 4. The summed E-state index contributed by atoms with van der Waals surface area (Å²) >= 11 is 0. The smallest absolute Gasteiger partial charge is 0.262 e. The van der Waals surface area contributed by atoms with Gasteiger partial charge in [0, 0.05) is 25.3 Å². The first kappa shape index (κ1) is 16.4. The predicted molar refractivity (Wildman–Crippen MR) is 75.7 cm³/mol. The van der Waals surface area contributed by atoms with Gasteiger partial charge in [-0.3, -0.25) is 0 Å². The molecule has 0 radical (unpaired) electrons. The predicted octanol–water partition coefficient (Wildman–Crippen LogP) is 0.683. The molecule has 1 fully saturated rings. The van der Waals surface area contributed by atoms with Gasteiger partial charge in [0.25, 0.3) is 10.0 Å². The van der Waals surface area contributed by atoms with Gasteiger partial charge < -0.3 is 10.3 Å². The standard InChI is InChI=1S/C11H20N4O2S.ClH/c1-3-14-7-11(13-8-14)18(16,17)15-6-10(5-12)4-9(15)2;/h7-10H,3-6,12H2,1-2H3;1H. The van der Waals surface area contributed by atoms with Crippen LogP contribution < -0.4 is 5.73 Å². The SMILES string of the molecule is CCn1cnc(S(=O)(=O)N2CC(CN)CC2C)c1.Cl. The van der Waals surface area contributed by atoms with E-state index < -0.39 is 10.0 Å². The zero-order valence-electron chi connectivity index (χ0n) is 11.2. The molecule has 0 spiro atoms. The Kier molecular flexibility index (Phi) is 5.37. The van der Waals surface area contributed by atoms with Gasteiger partial charge >= 0.3 is 0 Å². The number of nitrogens with zero attached hydrogens (tertiary/aromatic N) is 3. The average Bonchev–Trinajstić information content (AvgIpc) is 2.95. The molecule has 1 saturated heterocycles. The van der Waals surface area contributed by atoms with Crippen LogP contribution >= 0.6 is 12.4 Å². The second kappa shape index (κ2) is 6.21. The van der Waals surface area contributed by atoms with Gasteiger partial charge in [-0.1, -0.05) is 0 Å². The molecule has 0 saturated carbocycles. The van der Waals surface area contributed by atoms with Crippen molar-refractivity contribution < 1.29 is 8.42 Å². The van der Waals surface area contributed by atoms with Gasteiger partial charge in [-0.15, -0.1) is 12.4 Å². The topological polar surface area (TPSA) is 81.2 Å². The van der Waals surface area contributed by atoms with Crippen LogP contribution in [0.1, 0.15) is 20.3 Å². The molecule has 0 aromatic carbocycles. The summed E-state index contributed by atoms with van der Waals surface area (Å²) in [5, 5.41) is 0.133. The zero-order valence-corrected chi connectivity index (χ0v) is 12.8. The van der Waals surface area contributed by atoms with Crippen molar-refractivity contribution >= 4 is 22.4 Å². The van der Waals surface area contributed by atoms with Crippen molar-refractivity contribution in [3.8, 4) is 0 Å². The van der Waals surface area contributed by atoms with Gasteiger partial charge in [0.05, 0.1) is 6.33 Å². The Morgan fingerprint density at radius 1 is 1.53 bits per heavy atom. The van der Waals surface area contributed by atoms with Gasteiger partial charge in [0.1, 0.15) is 0 Å². The fourth-order valence-corrected chi connectivity index (χ4v) is 4.04. The quantitative estimate of drug-likeness (QED) is 0.887. The Morgan fingerprint density at radius 2 is 2.21 bits per heavy atom. The van der Waals surface area contributed by atoms with E-state index in [1.807, 2.05) is 13.8 Å². The van der Waals surface area contributed by atoms with Gasteiger partial charge in [0.15, 0.2) is 5.03 Å². The third kappa shape index (κ3) is 3.10. The number of nitrogens with two attached hydrogens (primary N) is 1. The summed E-state index contributed by atoms with van der Waals surface area (Å²) in [4.78, 5) is 3.99. The van der Waals surface area contributed by atoms with E-state index in [1.165, 1.54) is 4.31 Å². The number of hydrogen-bond donors (Lipinski definition) is 1. The minimum absolute atomic E-state index is 0. The van der Waals surface area contributed by atoms with Crippen molar-refractivity contribution in [3.63, 3.8) is 0 Å². The summed E-state index contributed by atoms with van der Waals surface area (Å²) in [6.07, 6.45) is 3.95. The minimum atomic E-state index is -3.47. The van der Waals surface area contributed by atoms with Gasteiger partial charge in [-0.05, 0) is 32.7 Å². The summed E-state index contributed by atoms with van der Waals surface area (Å²) < 4.78 is 28.2. The van der Waals surface area contributed by atoms with Crippen LogP contribution in [0.3, 0.4) is 0 Å². The number of hydrogen-bond acceptors (Lipinski definition) is 4. The number of halogens is 1. The lowest BCUT2D eigenvalue weighted by Gasteiger charge is -2.19. The molecule has 2 atom stereocenters. The number of sulfonamides is 1. The monoisotopic (exact) mass is 308 g/mol. The second-order valence-electron chi connectivity index (χ2n) is 4.80. The first-order valence-corrected chi connectivity index (χ1v) is 7.66. The van der Waals surface area contributed by atoms with Crippen molar-refractivity contribution in [2.75, 3.05) is 13.1 Å². The molecule has 1 aromatic rings. The summed E-state index contributed by atoms with van der Waals surface area (Å²) in [5.41, 5.74) is 5.62. The average molecular weight is 309 g/mol. The number of imidazole rings is 1. The maximum Gasteiger partial charge on any atom is 0.262 e. The van der Waals surface area contributed by atoms with Crippen molar-refractivity contribution in [1.29, 1.82) is 0 Å². The first-order chi connectivity index (χ1) is 8.48. The van der Waals surface area contributed by atoms with E-state index in [0.29, 0.717) is 19.6 Å². The molecule has 0 aliphatic carbocycles. The fraction of sp³-hybridized carbons (Fsp3) is 0.727. The van der Waals surface area contributed by atoms with Crippen LogP contribution in [0.15, 0.2) is 17.6 Å². The molecular weight excluding hydrogens is 288 g/mol. The van der Waals surface area contributed by atoms with E-state index in [4.69, 9.17) is 5.73 Å². The molecule has 1 aliphatic heterocycles. The second-order valence-corrected chi connectivity index (χ2v) is 6.64. The Hall–Kier alpha value is -0.630. The van der Waals surface area contributed by atoms with Crippen molar-refractivity contribution in [1.82, 2.24) is 13.9 Å². The van der Waals surface area contributed by atoms with Crippen molar-refractivity contribution in [2.24, 2.45) is 11.7 Å². The maximum absolute atomic E-state index is 12.4. The Morgan fingerprint density at radius 3 is 2.68 bits per heavy atom. The maximum atomic E-state index is 12.4. The highest BCUT2D eigenvalue weighted by molar-refractivity contribution is 7.89. The molecule has 1 aliphatic rings. The molecule has 0 amide bonds. The lowest BCUT2D eigenvalue weighted by Crippen LogP contribution is -2.34. The Balaban J connectivity index is 0.00000180. The molecule has 2 heterocycles. The first-order valence-electron chi connectivity index (χ1n) is 6.22. The minimum Gasteiger partial charge on any atom is -0.336 e. The summed E-state index contributed by atoms with van der Waals surface area (Å²) in [6, 6.07) is -0.00433. The van der Waals surface area contributed by atoms with E-state index in [1.54, 1.807) is 17.1 Å². The summed E-state index contributed by atoms with van der Waals surface area (Å²) in [7, 11) is -3.47. The highest BCUT2D eigenvalue weighted by Gasteiger charge is 2.38. The van der Waals surface area contributed by atoms with Crippen LogP contribution in [0, 0.1) is 5.92 Å². The molecule has 0 bridgehead atoms. The van der Waals surface area contributed by atoms with Gasteiger partial charge in [0.2, 0.25) is 0 Å². The third-order valence-electron chi connectivity index (χ3n) is 3.49. The van der Waals surface area contributed by atoms with Crippen LogP contribution in [0.2, 0.25) is 0 Å². The van der Waals surface area contributed by atoms with Gasteiger partial charge in [-0.2, -0.15) is 4.31 Å². The molecule has 110 valence electrons. The molecule has 2 unspecified atom stereocenters. The molecule has 1 aromatic heterocycles. The lowest BCUT2D eigenvalue weighted by atomic mass is 10.1. The highest BCUT2D eigenvalue weighted by Crippen LogP contribution is 2.28. The Labute approximate surface area is 120 Å². The highest BCUT2D eigenvalue weighted by atomic mass is 35.5. The summed E-state index contributed by atoms with van der Waals surface area (Å²) in [5.74, 6) is 0.253. The molecular formula is C11H21ClN4O2S. The largest absolute Gasteiger partial charge is 0.336 e. The normalized spacial score (nSPS) is 24.4. The van der Waals surface area contributed by atoms with Crippen molar-refractivity contribution in [2.45, 2.75) is 37.9 Å². The number of aromatic nitrogens is 2. The molecule has 6 nitrogen and oxygen atoms in total. The van der Waals surface area contributed by atoms with E-state index in [-0.39, 0.29) is 29.4 Å². The van der Waals surface area contributed by atoms with E-state index >= 15 is 0 Å². The Bertz CT molecular complexity index is 517. The van der Waals surface area contributed by atoms with E-state index in [9.17, 15) is 8.42 Å². The van der Waals surface area contributed by atoms with Crippen LogP contribution in [0.25, 0.3) is 0 Å². The van der Waals surface area contributed by atoms with Crippen LogP contribution in [-0.4, -0.2) is 41.4 Å².